The molecule has 0 atom stereocenters. The Morgan fingerprint density at radius 1 is 1.25 bits per heavy atom. The van der Waals surface area contributed by atoms with E-state index in [-0.39, 0.29) is 0 Å². The summed E-state index contributed by atoms with van der Waals surface area (Å²) in [5.41, 5.74) is 7.30. The first-order valence-corrected chi connectivity index (χ1v) is 4.81. The third-order valence-electron chi connectivity index (χ3n) is 2.08. The first-order chi connectivity index (χ1) is 7.65. The second-order valence-electron chi connectivity index (χ2n) is 3.46. The highest BCUT2D eigenvalue weighted by Crippen LogP contribution is 2.26. The Bertz CT molecular complexity index is 497. The van der Waals surface area contributed by atoms with Crippen LogP contribution in [0.2, 0.25) is 0 Å². The lowest BCUT2D eigenvalue weighted by atomic mass is 10.2. The number of nitrogens with zero attached hydrogens (tertiary/aromatic N) is 1. The molecular formula is C12H11FN2O. The Morgan fingerprint density at radius 2 is 2.06 bits per heavy atom. The molecule has 4 heteroatoms. The van der Waals surface area contributed by atoms with Gasteiger partial charge in [-0.3, -0.25) is 0 Å². The number of aromatic nitrogens is 1. The van der Waals surface area contributed by atoms with Crippen LogP contribution < -0.4 is 10.5 Å². The molecule has 3 nitrogen and oxygen atoms in total. The lowest BCUT2D eigenvalue weighted by Crippen LogP contribution is -1.94. The van der Waals surface area contributed by atoms with Crippen molar-refractivity contribution in [2.75, 3.05) is 5.73 Å². The highest BCUT2D eigenvalue weighted by molar-refractivity contribution is 5.54. The van der Waals surface area contributed by atoms with Gasteiger partial charge in [0.15, 0.2) is 5.75 Å². The number of nitrogen functional groups attached to an aromatic ring is 1. The molecule has 1 heterocycles. The van der Waals surface area contributed by atoms with Crippen molar-refractivity contribution in [3.05, 3.63) is 47.9 Å². The monoisotopic (exact) mass is 218 g/mol. The van der Waals surface area contributed by atoms with Crippen molar-refractivity contribution in [1.82, 2.24) is 4.98 Å². The Balaban J connectivity index is 2.26. The van der Waals surface area contributed by atoms with Crippen molar-refractivity contribution >= 4 is 5.69 Å². The summed E-state index contributed by atoms with van der Waals surface area (Å²) >= 11 is 0. The van der Waals surface area contributed by atoms with Crippen LogP contribution in [-0.4, -0.2) is 4.98 Å². The first-order valence-electron chi connectivity index (χ1n) is 4.81. The van der Waals surface area contributed by atoms with Gasteiger partial charge in [0, 0.05) is 6.07 Å². The van der Waals surface area contributed by atoms with E-state index >= 15 is 0 Å². The van der Waals surface area contributed by atoms with Crippen LogP contribution in [0.5, 0.6) is 11.6 Å². The van der Waals surface area contributed by atoms with Gasteiger partial charge in [0.1, 0.15) is 5.82 Å². The average Bonchev–Trinajstić information content (AvgIpc) is 2.27. The smallest absolute Gasteiger partial charge is 0.219 e. The summed E-state index contributed by atoms with van der Waals surface area (Å²) in [4.78, 5) is 3.79. The molecule has 0 aliphatic rings. The SMILES string of the molecule is Cc1ccc(N)c(Oc2ccc(F)cn2)c1. The predicted octanol–water partition coefficient (Wildman–Crippen LogP) is 2.90. The van der Waals surface area contributed by atoms with E-state index in [2.05, 4.69) is 4.98 Å². The standard InChI is InChI=1S/C12H11FN2O/c1-8-2-4-10(14)11(6-8)16-12-5-3-9(13)7-15-12/h2-7H,14H2,1H3. The topological polar surface area (TPSA) is 48.1 Å². The highest BCUT2D eigenvalue weighted by Gasteiger charge is 2.03. The van der Waals surface area contributed by atoms with Crippen LogP contribution >= 0.6 is 0 Å². The van der Waals surface area contributed by atoms with E-state index < -0.39 is 5.82 Å². The van der Waals surface area contributed by atoms with Crippen LogP contribution in [-0.2, 0) is 0 Å². The van der Waals surface area contributed by atoms with Gasteiger partial charge in [0.05, 0.1) is 11.9 Å². The number of hydrogen-bond donors (Lipinski definition) is 1. The molecule has 2 N–H and O–H groups in total. The number of halogens is 1. The third-order valence-corrected chi connectivity index (χ3v) is 2.08. The van der Waals surface area contributed by atoms with Crippen LogP contribution in [0.3, 0.4) is 0 Å². The molecule has 2 aromatic rings. The molecule has 1 aromatic carbocycles. The van der Waals surface area contributed by atoms with E-state index in [0.717, 1.165) is 11.8 Å². The molecule has 1 aromatic heterocycles. The van der Waals surface area contributed by atoms with Gasteiger partial charge >= 0.3 is 0 Å². The van der Waals surface area contributed by atoms with Crippen LogP contribution in [0.4, 0.5) is 10.1 Å². The Hall–Kier alpha value is -2.10. The van der Waals surface area contributed by atoms with Crippen molar-refractivity contribution in [3.63, 3.8) is 0 Å². The average molecular weight is 218 g/mol. The van der Waals surface area contributed by atoms with Gasteiger partial charge in [-0.1, -0.05) is 6.07 Å². The molecule has 0 amide bonds. The molecule has 0 unspecified atom stereocenters. The molecule has 0 aliphatic heterocycles. The van der Waals surface area contributed by atoms with Gasteiger partial charge in [-0.25, -0.2) is 9.37 Å². The number of benzene rings is 1. The molecule has 0 radical (unpaired) electrons. The molecule has 16 heavy (non-hydrogen) atoms. The Labute approximate surface area is 92.7 Å². The zero-order chi connectivity index (χ0) is 11.5. The molecule has 0 aliphatic carbocycles. The number of aryl methyl sites for hydroxylation is 1. The van der Waals surface area contributed by atoms with Crippen molar-refractivity contribution in [2.45, 2.75) is 6.92 Å². The number of anilines is 1. The molecule has 2 rings (SSSR count). The minimum Gasteiger partial charge on any atom is -0.437 e. The number of nitrogens with two attached hydrogens (primary N) is 1. The second-order valence-corrected chi connectivity index (χ2v) is 3.46. The quantitative estimate of drug-likeness (QED) is 0.788. The molecule has 0 saturated carbocycles. The summed E-state index contributed by atoms with van der Waals surface area (Å²) in [7, 11) is 0. The summed E-state index contributed by atoms with van der Waals surface area (Å²) in [6.45, 7) is 1.93. The number of rotatable bonds is 2. The first kappa shape index (κ1) is 10.4. The summed E-state index contributed by atoms with van der Waals surface area (Å²) < 4.78 is 18.1. The van der Waals surface area contributed by atoms with Crippen LogP contribution in [0.1, 0.15) is 5.56 Å². The maximum Gasteiger partial charge on any atom is 0.219 e. The largest absolute Gasteiger partial charge is 0.437 e. The molecular weight excluding hydrogens is 207 g/mol. The normalized spacial score (nSPS) is 10.1. The highest BCUT2D eigenvalue weighted by atomic mass is 19.1. The molecule has 0 saturated heterocycles. The Morgan fingerprint density at radius 3 is 2.75 bits per heavy atom. The van der Waals surface area contributed by atoms with Crippen molar-refractivity contribution in [1.29, 1.82) is 0 Å². The zero-order valence-corrected chi connectivity index (χ0v) is 8.77. The number of ether oxygens (including phenoxy) is 1. The number of pyridine rings is 1. The number of hydrogen-bond acceptors (Lipinski definition) is 3. The summed E-state index contributed by atoms with van der Waals surface area (Å²) in [5.74, 6) is 0.447. The van der Waals surface area contributed by atoms with E-state index in [1.165, 1.54) is 12.1 Å². The van der Waals surface area contributed by atoms with Crippen LogP contribution in [0.25, 0.3) is 0 Å². The summed E-state index contributed by atoms with van der Waals surface area (Å²) in [6, 6.07) is 8.19. The van der Waals surface area contributed by atoms with Gasteiger partial charge in [-0.15, -0.1) is 0 Å². The molecule has 0 spiro atoms. The van der Waals surface area contributed by atoms with Crippen molar-refractivity contribution in [2.24, 2.45) is 0 Å². The van der Waals surface area contributed by atoms with E-state index in [1.807, 2.05) is 13.0 Å². The van der Waals surface area contributed by atoms with E-state index in [0.29, 0.717) is 17.3 Å². The van der Waals surface area contributed by atoms with Gasteiger partial charge < -0.3 is 10.5 Å². The maximum atomic E-state index is 12.6. The fourth-order valence-corrected chi connectivity index (χ4v) is 1.27. The van der Waals surface area contributed by atoms with E-state index in [9.17, 15) is 4.39 Å². The lowest BCUT2D eigenvalue weighted by Gasteiger charge is -2.07. The maximum absolute atomic E-state index is 12.6. The van der Waals surface area contributed by atoms with Crippen molar-refractivity contribution < 1.29 is 9.13 Å². The predicted molar refractivity (Wildman–Crippen MR) is 59.9 cm³/mol. The van der Waals surface area contributed by atoms with Gasteiger partial charge in [-0.2, -0.15) is 0 Å². The fraction of sp³-hybridized carbons (Fsp3) is 0.0833. The zero-order valence-electron chi connectivity index (χ0n) is 8.77. The minimum atomic E-state index is -0.399. The third kappa shape index (κ3) is 2.28. The summed E-state index contributed by atoms with van der Waals surface area (Å²) in [6.07, 6.45) is 1.10. The lowest BCUT2D eigenvalue weighted by molar-refractivity contribution is 0.461. The molecule has 0 fully saturated rings. The van der Waals surface area contributed by atoms with Crippen molar-refractivity contribution in [3.8, 4) is 11.6 Å². The van der Waals surface area contributed by atoms with Gasteiger partial charge in [0.25, 0.3) is 0 Å². The molecule has 0 bridgehead atoms. The Kier molecular flexibility index (Phi) is 2.72. The summed E-state index contributed by atoms with van der Waals surface area (Å²) in [5, 5.41) is 0. The van der Waals surface area contributed by atoms with Crippen LogP contribution in [0.15, 0.2) is 36.5 Å². The minimum absolute atomic E-state index is 0.318. The molecule has 82 valence electrons. The second kappa shape index (κ2) is 4.18. The van der Waals surface area contributed by atoms with Gasteiger partial charge in [0.2, 0.25) is 5.88 Å². The van der Waals surface area contributed by atoms with Gasteiger partial charge in [-0.05, 0) is 30.7 Å². The fourth-order valence-electron chi connectivity index (χ4n) is 1.27. The van der Waals surface area contributed by atoms with E-state index in [4.69, 9.17) is 10.5 Å². The van der Waals surface area contributed by atoms with E-state index in [1.54, 1.807) is 12.1 Å². The van der Waals surface area contributed by atoms with Crippen LogP contribution in [0, 0.1) is 12.7 Å².